The van der Waals surface area contributed by atoms with Gasteiger partial charge < -0.3 is 15.0 Å². The van der Waals surface area contributed by atoms with E-state index >= 15 is 0 Å². The van der Waals surface area contributed by atoms with E-state index in [0.717, 1.165) is 42.7 Å². The van der Waals surface area contributed by atoms with E-state index < -0.39 is 6.04 Å². The Morgan fingerprint density at radius 2 is 1.88 bits per heavy atom. The first kappa shape index (κ1) is 26.1. The highest BCUT2D eigenvalue weighted by Crippen LogP contribution is 2.22. The minimum atomic E-state index is -0.486. The number of nitrogens with one attached hydrogen (secondary N) is 1. The molecule has 2 aromatic rings. The molecule has 1 saturated carbocycles. The number of carbonyl (C=O) groups is 2. The molecular weight excluding hydrogens is 444 g/mol. The van der Waals surface area contributed by atoms with Crippen molar-refractivity contribution in [3.05, 3.63) is 65.2 Å². The summed E-state index contributed by atoms with van der Waals surface area (Å²) >= 11 is 1.60. The molecular formula is C28H38N2O3S. The fourth-order valence-electron chi connectivity index (χ4n) is 4.53. The van der Waals surface area contributed by atoms with Crippen molar-refractivity contribution in [1.29, 1.82) is 0 Å². The number of benzene rings is 2. The van der Waals surface area contributed by atoms with Crippen LogP contribution in [0.15, 0.2) is 48.5 Å². The molecule has 184 valence electrons. The Morgan fingerprint density at radius 3 is 2.59 bits per heavy atom. The van der Waals surface area contributed by atoms with Crippen LogP contribution in [0, 0.1) is 6.92 Å². The summed E-state index contributed by atoms with van der Waals surface area (Å²) in [6, 6.07) is 15.7. The highest BCUT2D eigenvalue weighted by atomic mass is 32.2. The first-order valence-corrected chi connectivity index (χ1v) is 13.5. The summed E-state index contributed by atoms with van der Waals surface area (Å²) in [6.07, 6.45) is 6.18. The largest absolute Gasteiger partial charge is 0.497 e. The average molecular weight is 483 g/mol. The summed E-state index contributed by atoms with van der Waals surface area (Å²) in [4.78, 5) is 28.5. The number of hydrogen-bond acceptors (Lipinski definition) is 4. The van der Waals surface area contributed by atoms with Gasteiger partial charge in [0.2, 0.25) is 11.8 Å². The lowest BCUT2D eigenvalue weighted by Gasteiger charge is -2.33. The van der Waals surface area contributed by atoms with E-state index in [0.29, 0.717) is 18.7 Å². The van der Waals surface area contributed by atoms with Crippen LogP contribution in [0.25, 0.3) is 0 Å². The van der Waals surface area contributed by atoms with Crippen molar-refractivity contribution in [1.82, 2.24) is 10.2 Å². The van der Waals surface area contributed by atoms with Crippen LogP contribution in [-0.2, 0) is 21.9 Å². The van der Waals surface area contributed by atoms with Crippen molar-refractivity contribution in [3.63, 3.8) is 0 Å². The van der Waals surface area contributed by atoms with Crippen LogP contribution in [0.2, 0.25) is 0 Å². The molecule has 0 saturated heterocycles. The van der Waals surface area contributed by atoms with E-state index in [4.69, 9.17) is 4.74 Å². The first-order chi connectivity index (χ1) is 16.5. The van der Waals surface area contributed by atoms with Gasteiger partial charge in [0.15, 0.2) is 0 Å². The lowest BCUT2D eigenvalue weighted by Crippen LogP contribution is -2.52. The standard InChI is InChI=1S/C28H38N2O3S/c1-4-26(28(32)29-24-14-6-5-7-15-24)30(18-22-12-10-16-25(17-22)33-3)27(31)20-34-19-23-13-9-8-11-21(23)2/h8-13,16-17,24,26H,4-7,14-15,18-20H2,1-3H3,(H,29,32). The molecule has 0 heterocycles. The zero-order chi connectivity index (χ0) is 24.3. The highest BCUT2D eigenvalue weighted by Gasteiger charge is 2.30. The second-order valence-electron chi connectivity index (χ2n) is 9.06. The van der Waals surface area contributed by atoms with Crippen LogP contribution in [0.5, 0.6) is 5.75 Å². The molecule has 2 amide bonds. The summed E-state index contributed by atoms with van der Waals surface area (Å²) in [5.41, 5.74) is 3.43. The Hall–Kier alpha value is -2.47. The van der Waals surface area contributed by atoms with Gasteiger partial charge in [0, 0.05) is 18.3 Å². The zero-order valence-electron chi connectivity index (χ0n) is 20.7. The normalized spacial score (nSPS) is 14.9. The van der Waals surface area contributed by atoms with E-state index in [-0.39, 0.29) is 17.9 Å². The maximum Gasteiger partial charge on any atom is 0.243 e. The Bertz CT molecular complexity index is 943. The van der Waals surface area contributed by atoms with Gasteiger partial charge in [-0.05, 0) is 55.0 Å². The van der Waals surface area contributed by atoms with Crippen LogP contribution in [0.4, 0.5) is 0 Å². The number of methoxy groups -OCH3 is 1. The first-order valence-electron chi connectivity index (χ1n) is 12.4. The van der Waals surface area contributed by atoms with Gasteiger partial charge in [0.1, 0.15) is 11.8 Å². The number of rotatable bonds is 11. The second-order valence-corrected chi connectivity index (χ2v) is 10.0. The molecule has 1 atom stereocenters. The molecule has 2 aromatic carbocycles. The third kappa shape index (κ3) is 7.52. The third-order valence-corrected chi connectivity index (χ3v) is 7.54. The molecule has 5 nitrogen and oxygen atoms in total. The van der Waals surface area contributed by atoms with Gasteiger partial charge in [0.25, 0.3) is 0 Å². The quantitative estimate of drug-likeness (QED) is 0.460. The lowest BCUT2D eigenvalue weighted by atomic mass is 9.95. The van der Waals surface area contributed by atoms with Crippen LogP contribution >= 0.6 is 11.8 Å². The Labute approximate surface area is 208 Å². The number of nitrogens with zero attached hydrogens (tertiary/aromatic N) is 1. The van der Waals surface area contributed by atoms with Crippen molar-refractivity contribution in [3.8, 4) is 5.75 Å². The Kier molecular flexibility index (Phi) is 10.3. The van der Waals surface area contributed by atoms with Crippen LogP contribution in [0.1, 0.15) is 62.1 Å². The number of carbonyl (C=O) groups excluding carboxylic acids is 2. The van der Waals surface area contributed by atoms with Crippen LogP contribution in [-0.4, -0.2) is 41.7 Å². The molecule has 1 N–H and O–H groups in total. The zero-order valence-corrected chi connectivity index (χ0v) is 21.5. The van der Waals surface area contributed by atoms with Crippen molar-refractivity contribution < 1.29 is 14.3 Å². The van der Waals surface area contributed by atoms with Crippen LogP contribution < -0.4 is 10.1 Å². The van der Waals surface area contributed by atoms with Gasteiger partial charge in [-0.3, -0.25) is 9.59 Å². The third-order valence-electron chi connectivity index (χ3n) is 6.57. The Morgan fingerprint density at radius 1 is 1.12 bits per heavy atom. The summed E-state index contributed by atoms with van der Waals surface area (Å²) in [6.45, 7) is 4.46. The van der Waals surface area contributed by atoms with Crippen molar-refractivity contribution >= 4 is 23.6 Å². The molecule has 0 aliphatic heterocycles. The highest BCUT2D eigenvalue weighted by molar-refractivity contribution is 7.99. The van der Waals surface area contributed by atoms with E-state index in [1.807, 2.05) is 43.3 Å². The minimum Gasteiger partial charge on any atom is -0.497 e. The molecule has 0 radical (unpaired) electrons. The fourth-order valence-corrected chi connectivity index (χ4v) is 5.52. The maximum atomic E-state index is 13.5. The monoisotopic (exact) mass is 482 g/mol. The summed E-state index contributed by atoms with van der Waals surface area (Å²) in [5.74, 6) is 1.82. The molecule has 0 spiro atoms. The van der Waals surface area contributed by atoms with Gasteiger partial charge in [0.05, 0.1) is 12.9 Å². The molecule has 1 fully saturated rings. The van der Waals surface area contributed by atoms with Gasteiger partial charge in [-0.15, -0.1) is 11.8 Å². The van der Waals surface area contributed by atoms with Crippen LogP contribution in [0.3, 0.4) is 0 Å². The molecule has 6 heteroatoms. The number of ether oxygens (including phenoxy) is 1. The minimum absolute atomic E-state index is 0.00736. The SMILES string of the molecule is CCC(C(=O)NC1CCCCC1)N(Cc1cccc(OC)c1)C(=O)CSCc1ccccc1C. The number of aryl methyl sites for hydroxylation is 1. The lowest BCUT2D eigenvalue weighted by molar-refractivity contribution is -0.139. The van der Waals surface area contributed by atoms with Gasteiger partial charge in [-0.1, -0.05) is 62.6 Å². The second kappa shape index (κ2) is 13.4. The van der Waals surface area contributed by atoms with Crippen molar-refractivity contribution in [2.45, 2.75) is 76.8 Å². The van der Waals surface area contributed by atoms with Crippen molar-refractivity contribution in [2.24, 2.45) is 0 Å². The molecule has 1 aliphatic carbocycles. The number of thioether (sulfide) groups is 1. The predicted octanol–water partition coefficient (Wildman–Crippen LogP) is 5.49. The number of amides is 2. The fraction of sp³-hybridized carbons (Fsp3) is 0.500. The molecule has 3 rings (SSSR count). The summed E-state index contributed by atoms with van der Waals surface area (Å²) < 4.78 is 5.37. The summed E-state index contributed by atoms with van der Waals surface area (Å²) in [7, 11) is 1.64. The molecule has 1 unspecified atom stereocenters. The molecule has 1 aliphatic rings. The topological polar surface area (TPSA) is 58.6 Å². The smallest absolute Gasteiger partial charge is 0.243 e. The van der Waals surface area contributed by atoms with E-state index in [1.54, 1.807) is 23.8 Å². The number of hydrogen-bond donors (Lipinski definition) is 1. The molecule has 0 bridgehead atoms. The maximum absolute atomic E-state index is 13.5. The van der Waals surface area contributed by atoms with Gasteiger partial charge >= 0.3 is 0 Å². The van der Waals surface area contributed by atoms with E-state index in [9.17, 15) is 9.59 Å². The molecule has 0 aromatic heterocycles. The molecule has 34 heavy (non-hydrogen) atoms. The van der Waals surface area contributed by atoms with Crippen molar-refractivity contribution in [2.75, 3.05) is 12.9 Å². The van der Waals surface area contributed by atoms with E-state index in [2.05, 4.69) is 24.4 Å². The Balaban J connectivity index is 1.72. The van der Waals surface area contributed by atoms with Gasteiger partial charge in [-0.25, -0.2) is 0 Å². The predicted molar refractivity (Wildman–Crippen MR) is 140 cm³/mol. The van der Waals surface area contributed by atoms with Gasteiger partial charge in [-0.2, -0.15) is 0 Å². The van der Waals surface area contributed by atoms with E-state index in [1.165, 1.54) is 17.5 Å². The summed E-state index contributed by atoms with van der Waals surface area (Å²) in [5, 5.41) is 3.24. The average Bonchev–Trinajstić information content (AvgIpc) is 2.85.